The van der Waals surface area contributed by atoms with E-state index in [1.165, 1.54) is 15.8 Å². The maximum absolute atomic E-state index is 12.4. The van der Waals surface area contributed by atoms with Crippen LogP contribution in [0.25, 0.3) is 0 Å². The van der Waals surface area contributed by atoms with Gasteiger partial charge in [-0.2, -0.15) is 0 Å². The zero-order valence-electron chi connectivity index (χ0n) is 15.5. The van der Waals surface area contributed by atoms with Crippen LogP contribution in [0, 0.1) is 0 Å². The maximum Gasteiger partial charge on any atom is 0.315 e. The van der Waals surface area contributed by atoms with Crippen molar-refractivity contribution >= 4 is 17.8 Å². The quantitative estimate of drug-likeness (QED) is 0.697. The SMILES string of the molecule is CCC(CNC(=O)c1cn(CC(=O)N(C)C)nn1)(C(=O)O)c1ccccc1. The van der Waals surface area contributed by atoms with Crippen LogP contribution in [0.1, 0.15) is 29.4 Å². The van der Waals surface area contributed by atoms with Crippen LogP contribution in [-0.2, 0) is 21.5 Å². The van der Waals surface area contributed by atoms with E-state index in [2.05, 4.69) is 15.6 Å². The average Bonchev–Trinajstić information content (AvgIpc) is 3.11. The maximum atomic E-state index is 12.4. The topological polar surface area (TPSA) is 117 Å². The molecule has 0 fully saturated rings. The van der Waals surface area contributed by atoms with Gasteiger partial charge in [0, 0.05) is 20.6 Å². The van der Waals surface area contributed by atoms with E-state index in [0.717, 1.165) is 0 Å². The molecule has 0 radical (unpaired) electrons. The Hall–Kier alpha value is -3.23. The molecular weight excluding hydrogens is 350 g/mol. The average molecular weight is 373 g/mol. The number of hydrogen-bond donors (Lipinski definition) is 2. The number of carbonyl (C=O) groups is 3. The number of amides is 2. The van der Waals surface area contributed by atoms with Crippen LogP contribution in [-0.4, -0.2) is 63.4 Å². The lowest BCUT2D eigenvalue weighted by molar-refractivity contribution is -0.143. The Morgan fingerprint density at radius 1 is 1.22 bits per heavy atom. The van der Waals surface area contributed by atoms with E-state index < -0.39 is 17.3 Å². The van der Waals surface area contributed by atoms with Crippen LogP contribution >= 0.6 is 0 Å². The van der Waals surface area contributed by atoms with Crippen molar-refractivity contribution in [2.45, 2.75) is 25.3 Å². The summed E-state index contributed by atoms with van der Waals surface area (Å²) in [6.07, 6.45) is 1.66. The highest BCUT2D eigenvalue weighted by molar-refractivity contribution is 5.93. The molecule has 0 saturated carbocycles. The van der Waals surface area contributed by atoms with Crippen LogP contribution < -0.4 is 5.32 Å². The lowest BCUT2D eigenvalue weighted by atomic mass is 9.78. The van der Waals surface area contributed by atoms with Crippen molar-refractivity contribution < 1.29 is 19.5 Å². The zero-order valence-corrected chi connectivity index (χ0v) is 15.5. The number of likely N-dealkylation sites (N-methyl/N-ethyl adjacent to an activating group) is 1. The van der Waals surface area contributed by atoms with E-state index in [1.54, 1.807) is 51.4 Å². The molecule has 0 saturated heterocycles. The summed E-state index contributed by atoms with van der Waals surface area (Å²) in [6, 6.07) is 8.78. The van der Waals surface area contributed by atoms with Gasteiger partial charge < -0.3 is 15.3 Å². The molecule has 1 unspecified atom stereocenters. The Morgan fingerprint density at radius 2 is 1.89 bits per heavy atom. The Morgan fingerprint density at radius 3 is 2.44 bits per heavy atom. The molecule has 2 N–H and O–H groups in total. The van der Waals surface area contributed by atoms with Gasteiger partial charge in [0.05, 0.1) is 6.20 Å². The third-order valence-electron chi connectivity index (χ3n) is 4.46. The van der Waals surface area contributed by atoms with Gasteiger partial charge in [-0.1, -0.05) is 42.5 Å². The third-order valence-corrected chi connectivity index (χ3v) is 4.46. The van der Waals surface area contributed by atoms with E-state index in [-0.39, 0.29) is 24.7 Å². The third kappa shape index (κ3) is 4.49. The normalized spacial score (nSPS) is 12.9. The van der Waals surface area contributed by atoms with Crippen molar-refractivity contribution in [2.75, 3.05) is 20.6 Å². The number of benzene rings is 1. The van der Waals surface area contributed by atoms with E-state index >= 15 is 0 Å². The number of hydrogen-bond acceptors (Lipinski definition) is 5. The van der Waals surface area contributed by atoms with Crippen LogP contribution in [0.15, 0.2) is 36.5 Å². The van der Waals surface area contributed by atoms with Gasteiger partial charge in [0.25, 0.3) is 5.91 Å². The summed E-state index contributed by atoms with van der Waals surface area (Å²) in [7, 11) is 3.24. The van der Waals surface area contributed by atoms with E-state index in [0.29, 0.717) is 12.0 Å². The highest BCUT2D eigenvalue weighted by Gasteiger charge is 2.39. The van der Waals surface area contributed by atoms with Gasteiger partial charge in [-0.15, -0.1) is 5.10 Å². The first-order valence-corrected chi connectivity index (χ1v) is 8.47. The summed E-state index contributed by atoms with van der Waals surface area (Å²) in [5, 5.41) is 19.9. The monoisotopic (exact) mass is 373 g/mol. The second-order valence-corrected chi connectivity index (χ2v) is 6.38. The van der Waals surface area contributed by atoms with Gasteiger partial charge in [-0.25, -0.2) is 4.68 Å². The Labute approximate surface area is 157 Å². The van der Waals surface area contributed by atoms with Gasteiger partial charge in [0.2, 0.25) is 5.91 Å². The minimum absolute atomic E-state index is 0.0185. The summed E-state index contributed by atoms with van der Waals surface area (Å²) < 4.78 is 1.26. The lowest BCUT2D eigenvalue weighted by Gasteiger charge is -2.28. The van der Waals surface area contributed by atoms with Crippen LogP contribution in [0.5, 0.6) is 0 Å². The predicted octanol–water partition coefficient (Wildman–Crippen LogP) is 0.529. The second-order valence-electron chi connectivity index (χ2n) is 6.38. The highest BCUT2D eigenvalue weighted by atomic mass is 16.4. The standard InChI is InChI=1S/C18H23N5O4/c1-4-18(17(26)27,13-8-6-5-7-9-13)12-19-16(25)14-10-23(21-20-14)11-15(24)22(2)3/h5-10H,4,11-12H2,1-3H3,(H,19,25)(H,26,27). The van der Waals surface area contributed by atoms with Gasteiger partial charge >= 0.3 is 5.97 Å². The summed E-state index contributed by atoms with van der Waals surface area (Å²) in [5.41, 5.74) is -0.612. The first-order valence-electron chi connectivity index (χ1n) is 8.47. The van der Waals surface area contributed by atoms with Crippen molar-refractivity contribution in [1.82, 2.24) is 25.2 Å². The van der Waals surface area contributed by atoms with Crippen molar-refractivity contribution in [2.24, 2.45) is 0 Å². The fourth-order valence-electron chi connectivity index (χ4n) is 2.62. The van der Waals surface area contributed by atoms with E-state index in [9.17, 15) is 19.5 Å². The Bertz CT molecular complexity index is 818. The molecule has 27 heavy (non-hydrogen) atoms. The van der Waals surface area contributed by atoms with Gasteiger partial charge in [0.15, 0.2) is 5.69 Å². The minimum Gasteiger partial charge on any atom is -0.481 e. The molecule has 9 heteroatoms. The van der Waals surface area contributed by atoms with Crippen molar-refractivity contribution in [3.63, 3.8) is 0 Å². The molecule has 2 aromatic rings. The molecule has 1 aromatic heterocycles. The first-order chi connectivity index (χ1) is 12.8. The van der Waals surface area contributed by atoms with Gasteiger partial charge in [0.1, 0.15) is 12.0 Å². The summed E-state index contributed by atoms with van der Waals surface area (Å²) in [5.74, 6) is -1.75. The number of aromatic nitrogens is 3. The molecule has 1 aromatic carbocycles. The highest BCUT2D eigenvalue weighted by Crippen LogP contribution is 2.27. The molecular formula is C18H23N5O4. The summed E-state index contributed by atoms with van der Waals surface area (Å²) >= 11 is 0. The molecule has 1 heterocycles. The molecule has 9 nitrogen and oxygen atoms in total. The number of carboxylic acid groups (broad SMARTS) is 1. The van der Waals surface area contributed by atoms with Crippen molar-refractivity contribution in [3.8, 4) is 0 Å². The summed E-state index contributed by atoms with van der Waals surface area (Å²) in [4.78, 5) is 37.4. The molecule has 0 aliphatic carbocycles. The van der Waals surface area contributed by atoms with Crippen molar-refractivity contribution in [3.05, 3.63) is 47.8 Å². The number of nitrogens with zero attached hydrogens (tertiary/aromatic N) is 4. The number of aliphatic carboxylic acids is 1. The number of carbonyl (C=O) groups excluding carboxylic acids is 2. The van der Waals surface area contributed by atoms with E-state index in [1.807, 2.05) is 0 Å². The Balaban J connectivity index is 2.12. The fourth-order valence-corrected chi connectivity index (χ4v) is 2.62. The first kappa shape index (κ1) is 20.1. The fraction of sp³-hybridized carbons (Fsp3) is 0.389. The van der Waals surface area contributed by atoms with Gasteiger partial charge in [-0.3, -0.25) is 14.4 Å². The van der Waals surface area contributed by atoms with Crippen LogP contribution in [0.2, 0.25) is 0 Å². The summed E-state index contributed by atoms with van der Waals surface area (Å²) in [6.45, 7) is 1.63. The molecule has 2 rings (SSSR count). The second kappa shape index (κ2) is 8.43. The predicted molar refractivity (Wildman–Crippen MR) is 97.1 cm³/mol. The minimum atomic E-state index is -1.24. The number of carboxylic acids is 1. The molecule has 1 atom stereocenters. The molecule has 2 amide bonds. The largest absolute Gasteiger partial charge is 0.481 e. The van der Waals surface area contributed by atoms with Crippen LogP contribution in [0.4, 0.5) is 0 Å². The zero-order chi connectivity index (χ0) is 20.0. The van der Waals surface area contributed by atoms with E-state index in [4.69, 9.17) is 0 Å². The molecule has 144 valence electrons. The Kier molecular flexibility index (Phi) is 6.27. The molecule has 0 spiro atoms. The number of rotatable bonds is 8. The smallest absolute Gasteiger partial charge is 0.315 e. The molecule has 0 aliphatic rings. The molecule has 0 aliphatic heterocycles. The molecule has 0 bridgehead atoms. The van der Waals surface area contributed by atoms with Crippen LogP contribution in [0.3, 0.4) is 0 Å². The van der Waals surface area contributed by atoms with Crippen molar-refractivity contribution in [1.29, 1.82) is 0 Å². The van der Waals surface area contributed by atoms with Gasteiger partial charge in [-0.05, 0) is 12.0 Å². The number of nitrogens with one attached hydrogen (secondary N) is 1. The lowest BCUT2D eigenvalue weighted by Crippen LogP contribution is -2.46.